The number of rotatable bonds is 25. The second kappa shape index (κ2) is 28.6. The van der Waals surface area contributed by atoms with E-state index >= 15 is 0 Å². The van der Waals surface area contributed by atoms with E-state index in [1.54, 1.807) is 20.8 Å². The average molecular weight is 1250 g/mol. The van der Waals surface area contributed by atoms with Crippen molar-refractivity contribution < 1.29 is 123 Å². The number of phenols is 2. The van der Waals surface area contributed by atoms with Crippen LogP contribution >= 0.6 is 0 Å². The smallest absolute Gasteiger partial charge is 0.303 e. The second-order valence-corrected chi connectivity index (χ2v) is 22.2. The van der Waals surface area contributed by atoms with Gasteiger partial charge in [-0.1, -0.05) is 26.0 Å². The van der Waals surface area contributed by atoms with E-state index < -0.39 is 232 Å². The number of hydrogen-bond donors (Lipinski definition) is 14. The molecule has 0 bridgehead atoms. The Morgan fingerprint density at radius 2 is 1.56 bits per heavy atom. The number of hydrogen-bond acceptors (Lipinski definition) is 25. The molecule has 4 heterocycles. The summed E-state index contributed by atoms with van der Waals surface area (Å²) >= 11 is 0. The number of carbonyl (C=O) groups is 9. The number of methoxy groups -OCH3 is 2. The number of aromatic hydroxyl groups is 2. The van der Waals surface area contributed by atoms with Crippen LogP contribution in [0.3, 0.4) is 0 Å². The van der Waals surface area contributed by atoms with Crippen LogP contribution in [0.2, 0.25) is 0 Å². The molecule has 6 aliphatic rings. The molecule has 0 spiro atoms. The molecular formula is C56H75N7O25. The van der Waals surface area contributed by atoms with Crippen LogP contribution in [0.15, 0.2) is 18.2 Å². The van der Waals surface area contributed by atoms with Crippen molar-refractivity contribution in [2.75, 3.05) is 66.8 Å². The number of fused-ring (bicyclic) bond motifs is 6. The fraction of sp³-hybridized carbons (Fsp3) is 0.625. The summed E-state index contributed by atoms with van der Waals surface area (Å²) in [6.07, 6.45) is -18.1. The van der Waals surface area contributed by atoms with E-state index in [1.807, 2.05) is 4.90 Å². The molecule has 4 aliphatic heterocycles. The third-order valence-corrected chi connectivity index (χ3v) is 16.0. The van der Waals surface area contributed by atoms with E-state index in [1.165, 1.54) is 32.4 Å². The Labute approximate surface area is 504 Å². The number of morpholine rings is 1. The standard InChI is InChI=1S/C56H75N7O25/c1-23(2)41(62-33(66)11-12-57-34(67)20-60-32(65)9-10-35(68)69)51(78)61-27(22-84-53-48(76)47(75)44(72)31(21-64)87-53)50(77)58-13-14-59-55(79)56(80)18-26-38(46(74)40-39(43(26)71)42(70)25-7-6-8-29(81-4)37(25)45(40)73)30(19-56)86-36-17-28-49(24(3)85-36)88-52-54(82-5)83-16-15-63(28)52/h6-8,23-24,27-28,30-31,36,41,44,47-49,52-54,64,71-72,74-76,80H,9-22H2,1-5H3,(H,57,67)(H,58,77)(H,59,79)(H,60,65)(H,61,78)(H,62,66)(H,68,69)/t24-,27-,28-,30-,31+,36+,41-,44+,47-,48+,49+,52+,53+,54-,56-/m0/s1/i9T/t9?,24-,27-,28-,30-,31+,36+,41-,44+,47-,48+,49+,52+,53+,54-,56-. The van der Waals surface area contributed by atoms with Gasteiger partial charge in [0.05, 0.1) is 68.8 Å². The van der Waals surface area contributed by atoms with Crippen LogP contribution in [0.25, 0.3) is 0 Å². The maximum absolute atomic E-state index is 14.4. The van der Waals surface area contributed by atoms with Crippen molar-refractivity contribution >= 4 is 53.0 Å². The first-order chi connectivity index (χ1) is 42.2. The van der Waals surface area contributed by atoms with Gasteiger partial charge in [-0.2, -0.15) is 0 Å². The second-order valence-electron chi connectivity index (χ2n) is 22.2. The highest BCUT2D eigenvalue weighted by atomic mass is 16.7. The third kappa shape index (κ3) is 14.3. The molecule has 1 unspecified atom stereocenters. The molecule has 32 heteroatoms. The fourth-order valence-corrected chi connectivity index (χ4v) is 11.6. The molecule has 4 saturated heterocycles. The predicted molar refractivity (Wildman–Crippen MR) is 294 cm³/mol. The highest BCUT2D eigenvalue weighted by molar-refractivity contribution is 6.31. The van der Waals surface area contributed by atoms with E-state index in [0.29, 0.717) is 13.2 Å². The Kier molecular flexibility index (Phi) is 21.3. The van der Waals surface area contributed by atoms with E-state index in [9.17, 15) is 78.9 Å². The summed E-state index contributed by atoms with van der Waals surface area (Å²) in [6, 6.07) is 0.801. The Morgan fingerprint density at radius 3 is 2.25 bits per heavy atom. The number of nitrogens with zero attached hydrogens (tertiary/aromatic N) is 1. The number of benzene rings is 2. The summed E-state index contributed by atoms with van der Waals surface area (Å²) in [5, 5.41) is 101. The van der Waals surface area contributed by atoms with Gasteiger partial charge in [0.25, 0.3) is 5.91 Å². The van der Waals surface area contributed by atoms with Crippen LogP contribution in [0.5, 0.6) is 17.2 Å². The van der Waals surface area contributed by atoms with Gasteiger partial charge in [0.1, 0.15) is 65.5 Å². The van der Waals surface area contributed by atoms with Crippen LogP contribution in [0.1, 0.15) is 103 Å². The third-order valence-electron chi connectivity index (χ3n) is 16.0. The molecule has 88 heavy (non-hydrogen) atoms. The number of carboxylic acids is 1. The number of nitrogens with one attached hydrogen (secondary N) is 6. The first-order valence-electron chi connectivity index (χ1n) is 29.0. The minimum atomic E-state index is -2.53. The molecule has 0 radical (unpaired) electrons. The number of carbonyl (C=O) groups excluding carboxylic acids is 8. The van der Waals surface area contributed by atoms with Crippen molar-refractivity contribution in [2.45, 2.75) is 151 Å². The number of aliphatic hydroxyl groups is 5. The quantitative estimate of drug-likeness (QED) is 0.0280. The lowest BCUT2D eigenvalue weighted by molar-refractivity contribution is -0.301. The van der Waals surface area contributed by atoms with Crippen molar-refractivity contribution in [1.82, 2.24) is 36.8 Å². The van der Waals surface area contributed by atoms with Crippen LogP contribution in [0.4, 0.5) is 0 Å². The van der Waals surface area contributed by atoms with Crippen molar-refractivity contribution in [3.63, 3.8) is 0 Å². The van der Waals surface area contributed by atoms with Crippen molar-refractivity contribution in [2.24, 2.45) is 5.92 Å². The van der Waals surface area contributed by atoms with E-state index in [4.69, 9.17) is 44.4 Å². The van der Waals surface area contributed by atoms with Crippen LogP contribution in [0, 0.1) is 5.92 Å². The molecular weight excluding hydrogens is 1170 g/mol. The molecule has 6 amide bonds. The molecule has 16 atom stereocenters. The molecule has 0 saturated carbocycles. The van der Waals surface area contributed by atoms with Gasteiger partial charge in [0, 0.05) is 89.5 Å². The summed E-state index contributed by atoms with van der Waals surface area (Å²) in [7, 11) is 2.77. The molecule has 32 nitrogen and oxygen atoms in total. The SMILES string of the molecule is [3H]C(CC(=O)O)C(=O)NCC(=O)NCCC(=O)N[C@H](C(=O)N[C@@H](CO[C@@H]1O[C@H](CO)[C@@H](O)[C@H](O)[C@H]1O)C(=O)NCCNC(=O)[C@]1(O)Cc2c(O)c3c(c(O)c2[C@@H](O[C@@H]2C[C@H]4[C@H](O[C@@H]5[C@@H](OC)OCCN54)[C@H](C)O2)C1)C(=O)c1c(OC)cccc1C3=O)C(C)C. The van der Waals surface area contributed by atoms with Gasteiger partial charge >= 0.3 is 5.97 Å². The number of phenolic OH excluding ortho intramolecular Hbond substituents is 2. The Hall–Kier alpha value is -7.05. The fourth-order valence-electron chi connectivity index (χ4n) is 11.6. The number of carboxylic acid groups (broad SMARTS) is 1. The van der Waals surface area contributed by atoms with Crippen LogP contribution < -0.4 is 36.6 Å². The van der Waals surface area contributed by atoms with Crippen molar-refractivity contribution in [3.05, 3.63) is 51.6 Å². The van der Waals surface area contributed by atoms with Crippen molar-refractivity contribution in [1.29, 1.82) is 0 Å². The summed E-state index contributed by atoms with van der Waals surface area (Å²) in [5.74, 6) is -11.0. The summed E-state index contributed by atoms with van der Waals surface area (Å²) in [4.78, 5) is 121. The minimum Gasteiger partial charge on any atom is -0.507 e. The number of ether oxygens (including phenoxy) is 8. The zero-order valence-corrected chi connectivity index (χ0v) is 48.6. The van der Waals surface area contributed by atoms with Gasteiger partial charge in [-0.15, -0.1) is 0 Å². The largest absolute Gasteiger partial charge is 0.507 e. The molecule has 2 aromatic carbocycles. The van der Waals surface area contributed by atoms with Gasteiger partial charge < -0.3 is 111 Å². The maximum Gasteiger partial charge on any atom is 0.303 e. The van der Waals surface area contributed by atoms with Gasteiger partial charge in [-0.25, -0.2) is 0 Å². The normalized spacial score (nSPS) is 29.3. The van der Waals surface area contributed by atoms with Gasteiger partial charge in [0.2, 0.25) is 35.3 Å². The number of amides is 6. The first kappa shape index (κ1) is 65.4. The van der Waals surface area contributed by atoms with Gasteiger partial charge in [-0.05, 0) is 18.9 Å². The van der Waals surface area contributed by atoms with Crippen LogP contribution in [-0.2, 0) is 73.1 Å². The summed E-state index contributed by atoms with van der Waals surface area (Å²) < 4.78 is 54.6. The predicted octanol–water partition coefficient (Wildman–Crippen LogP) is -4.69. The number of aliphatic carboxylic acids is 1. The van der Waals surface area contributed by atoms with Crippen LogP contribution in [-0.4, -0.2) is 251 Å². The molecule has 8 rings (SSSR count). The molecule has 0 aromatic heterocycles. The lowest BCUT2D eigenvalue weighted by atomic mass is 9.72. The zero-order valence-electron chi connectivity index (χ0n) is 49.6. The average Bonchev–Trinajstić information content (AvgIpc) is 1.18. The Bertz CT molecular complexity index is 3030. The monoisotopic (exact) mass is 1250 g/mol. The van der Waals surface area contributed by atoms with E-state index in [2.05, 4.69) is 31.9 Å². The topological polar surface area (TPSA) is 465 Å². The molecule has 2 aliphatic carbocycles. The first-order valence-corrected chi connectivity index (χ1v) is 28.5. The van der Waals surface area contributed by atoms with E-state index in [-0.39, 0.29) is 47.0 Å². The highest BCUT2D eigenvalue weighted by Crippen LogP contribution is 2.53. The lowest BCUT2D eigenvalue weighted by Crippen LogP contribution is -2.61. The summed E-state index contributed by atoms with van der Waals surface area (Å²) in [5.41, 5.74) is -4.54. The molecule has 4 fully saturated rings. The van der Waals surface area contributed by atoms with Gasteiger partial charge in [-0.3, -0.25) is 48.1 Å². The Balaban J connectivity index is 0.971. The number of ketones is 2. The minimum absolute atomic E-state index is 0.0154. The molecule has 14 N–H and O–H groups in total. The maximum atomic E-state index is 14.4. The lowest BCUT2D eigenvalue weighted by Gasteiger charge is -2.43. The van der Waals surface area contributed by atoms with Gasteiger partial charge in [0.15, 0.2) is 30.9 Å². The highest BCUT2D eigenvalue weighted by Gasteiger charge is 2.56. The Morgan fingerprint density at radius 1 is 0.830 bits per heavy atom. The molecule has 484 valence electrons. The zero-order chi connectivity index (χ0) is 64.9. The van der Waals surface area contributed by atoms with Crippen molar-refractivity contribution in [3.8, 4) is 17.2 Å². The summed E-state index contributed by atoms with van der Waals surface area (Å²) in [6.45, 7) is 2.11. The molecule has 2 aromatic rings. The van der Waals surface area contributed by atoms with E-state index in [0.717, 1.165) is 0 Å². The number of aliphatic hydroxyl groups excluding tert-OH is 4.